The van der Waals surface area contributed by atoms with Gasteiger partial charge in [0.2, 0.25) is 0 Å². The van der Waals surface area contributed by atoms with E-state index in [0.29, 0.717) is 12.0 Å². The van der Waals surface area contributed by atoms with E-state index < -0.39 is 0 Å². The quantitative estimate of drug-likeness (QED) is 0.855. The van der Waals surface area contributed by atoms with Crippen LogP contribution < -0.4 is 5.32 Å². The Kier molecular flexibility index (Phi) is 4.38. The monoisotopic (exact) mass is 305 g/mol. The number of Topliss-reactive ketones (excluding diaryl/α,β-unsaturated/α-hetero) is 1. The van der Waals surface area contributed by atoms with Crippen molar-refractivity contribution in [2.45, 2.75) is 25.7 Å². The molecule has 0 bridgehead atoms. The molecule has 3 nitrogen and oxygen atoms in total. The first kappa shape index (κ1) is 15.2. The lowest BCUT2D eigenvalue weighted by Gasteiger charge is -2.23. The molecule has 0 amide bonds. The van der Waals surface area contributed by atoms with Crippen molar-refractivity contribution < 1.29 is 9.59 Å². The van der Waals surface area contributed by atoms with Gasteiger partial charge in [-0.15, -0.1) is 0 Å². The summed E-state index contributed by atoms with van der Waals surface area (Å²) in [6.07, 6.45) is 3.06. The lowest BCUT2D eigenvalue weighted by molar-refractivity contribution is -0.115. The highest BCUT2D eigenvalue weighted by Crippen LogP contribution is 2.31. The topological polar surface area (TPSA) is 46.2 Å². The van der Waals surface area contributed by atoms with Gasteiger partial charge in [-0.2, -0.15) is 0 Å². The van der Waals surface area contributed by atoms with E-state index in [1.54, 1.807) is 25.1 Å². The van der Waals surface area contributed by atoms with Crippen LogP contribution in [0.1, 0.15) is 41.6 Å². The fourth-order valence-corrected chi connectivity index (χ4v) is 2.91. The summed E-state index contributed by atoms with van der Waals surface area (Å²) >= 11 is 0. The molecule has 0 heterocycles. The molecule has 1 N–H and O–H groups in total. The number of nitrogens with one attached hydrogen (secondary N) is 1. The number of allylic oxidation sites excluding steroid dienone is 2. The highest BCUT2D eigenvalue weighted by molar-refractivity contribution is 5.94. The van der Waals surface area contributed by atoms with Crippen molar-refractivity contribution in [2.75, 3.05) is 5.32 Å². The van der Waals surface area contributed by atoms with E-state index >= 15 is 0 Å². The molecule has 3 heteroatoms. The van der Waals surface area contributed by atoms with Gasteiger partial charge in [0.05, 0.1) is 0 Å². The Labute approximate surface area is 136 Å². The van der Waals surface area contributed by atoms with Crippen LogP contribution in [0.2, 0.25) is 0 Å². The van der Waals surface area contributed by atoms with Gasteiger partial charge in [-0.3, -0.25) is 9.59 Å². The van der Waals surface area contributed by atoms with Crippen LogP contribution in [0.25, 0.3) is 0 Å². The zero-order valence-corrected chi connectivity index (χ0v) is 13.1. The Hall–Kier alpha value is -2.68. The van der Waals surface area contributed by atoms with Crippen LogP contribution in [-0.4, -0.2) is 11.6 Å². The molecule has 1 unspecified atom stereocenters. The van der Waals surface area contributed by atoms with Crippen LogP contribution in [0.3, 0.4) is 0 Å². The van der Waals surface area contributed by atoms with E-state index in [1.807, 2.05) is 30.3 Å². The predicted octanol–water partition coefficient (Wildman–Crippen LogP) is 4.33. The second-order valence-corrected chi connectivity index (χ2v) is 5.91. The van der Waals surface area contributed by atoms with Crippen LogP contribution in [0.4, 0.5) is 5.69 Å². The standard InChI is InChI=1S/C20H19NO2/c1-14(22)15-7-9-18(10-8-15)21-19-11-17(12-20(23)13-19)16-5-3-2-4-6-16/h2-10,13,17,21H,11-12H2,1H3. The van der Waals surface area contributed by atoms with Crippen molar-refractivity contribution in [3.05, 3.63) is 77.5 Å². The Balaban J connectivity index is 1.74. The molecule has 3 rings (SSSR count). The van der Waals surface area contributed by atoms with E-state index in [4.69, 9.17) is 0 Å². The van der Waals surface area contributed by atoms with Crippen LogP contribution in [0.5, 0.6) is 0 Å². The van der Waals surface area contributed by atoms with Gasteiger partial charge in [0.25, 0.3) is 0 Å². The van der Waals surface area contributed by atoms with E-state index in [0.717, 1.165) is 17.8 Å². The lowest BCUT2D eigenvalue weighted by atomic mass is 9.85. The number of hydrogen-bond donors (Lipinski definition) is 1. The lowest BCUT2D eigenvalue weighted by Crippen LogP contribution is -2.16. The molecule has 2 aromatic rings. The Morgan fingerprint density at radius 3 is 2.35 bits per heavy atom. The maximum atomic E-state index is 12.0. The summed E-state index contributed by atoms with van der Waals surface area (Å²) in [5, 5.41) is 3.31. The molecule has 0 saturated heterocycles. The van der Waals surface area contributed by atoms with Crippen LogP contribution in [-0.2, 0) is 4.79 Å². The molecule has 0 saturated carbocycles. The molecule has 0 radical (unpaired) electrons. The minimum absolute atomic E-state index is 0.0488. The van der Waals surface area contributed by atoms with Gasteiger partial charge in [-0.05, 0) is 49.1 Å². The number of rotatable bonds is 4. The van der Waals surface area contributed by atoms with Crippen molar-refractivity contribution >= 4 is 17.3 Å². The molecule has 1 atom stereocenters. The number of carbonyl (C=O) groups is 2. The third-order valence-corrected chi connectivity index (χ3v) is 4.12. The smallest absolute Gasteiger partial charge is 0.159 e. The fraction of sp³-hybridized carbons (Fsp3) is 0.200. The van der Waals surface area contributed by atoms with Gasteiger partial charge < -0.3 is 5.32 Å². The van der Waals surface area contributed by atoms with Gasteiger partial charge in [-0.1, -0.05) is 30.3 Å². The minimum Gasteiger partial charge on any atom is -0.359 e. The first-order chi connectivity index (χ1) is 11.1. The number of ketones is 2. The molecule has 0 fully saturated rings. The molecule has 0 spiro atoms. The third-order valence-electron chi connectivity index (χ3n) is 4.12. The van der Waals surface area contributed by atoms with E-state index in [-0.39, 0.29) is 17.5 Å². The van der Waals surface area contributed by atoms with E-state index in [2.05, 4.69) is 17.4 Å². The highest BCUT2D eigenvalue weighted by atomic mass is 16.1. The van der Waals surface area contributed by atoms with Gasteiger partial charge in [0, 0.05) is 29.4 Å². The van der Waals surface area contributed by atoms with E-state index in [1.165, 1.54) is 5.56 Å². The summed E-state index contributed by atoms with van der Waals surface area (Å²) in [6.45, 7) is 1.55. The third kappa shape index (κ3) is 3.75. The Bertz CT molecular complexity index is 745. The summed E-state index contributed by atoms with van der Waals surface area (Å²) in [5.74, 6) is 0.411. The van der Waals surface area contributed by atoms with Gasteiger partial charge in [0.1, 0.15) is 0 Å². The molecule has 0 aliphatic heterocycles. The summed E-state index contributed by atoms with van der Waals surface area (Å²) < 4.78 is 0. The zero-order chi connectivity index (χ0) is 16.2. The average Bonchev–Trinajstić information content (AvgIpc) is 2.55. The molecule has 116 valence electrons. The second-order valence-electron chi connectivity index (χ2n) is 5.91. The van der Waals surface area contributed by atoms with Crippen molar-refractivity contribution in [1.29, 1.82) is 0 Å². The molecule has 1 aliphatic carbocycles. The second kappa shape index (κ2) is 6.61. The van der Waals surface area contributed by atoms with Gasteiger partial charge in [0.15, 0.2) is 11.6 Å². The average molecular weight is 305 g/mol. The summed E-state index contributed by atoms with van der Waals surface area (Å²) in [7, 11) is 0. The number of carbonyl (C=O) groups excluding carboxylic acids is 2. The Morgan fingerprint density at radius 1 is 1.00 bits per heavy atom. The van der Waals surface area contributed by atoms with Gasteiger partial charge >= 0.3 is 0 Å². The Morgan fingerprint density at radius 2 is 1.70 bits per heavy atom. The molecule has 2 aromatic carbocycles. The maximum Gasteiger partial charge on any atom is 0.159 e. The molecule has 23 heavy (non-hydrogen) atoms. The zero-order valence-electron chi connectivity index (χ0n) is 13.1. The first-order valence-electron chi connectivity index (χ1n) is 7.78. The normalized spacial score (nSPS) is 17.5. The largest absolute Gasteiger partial charge is 0.359 e. The van der Waals surface area contributed by atoms with Crippen molar-refractivity contribution in [3.63, 3.8) is 0 Å². The molecular formula is C20H19NO2. The predicted molar refractivity (Wildman–Crippen MR) is 91.6 cm³/mol. The van der Waals surface area contributed by atoms with Crippen LogP contribution >= 0.6 is 0 Å². The van der Waals surface area contributed by atoms with Crippen molar-refractivity contribution in [2.24, 2.45) is 0 Å². The summed E-state index contributed by atoms with van der Waals surface area (Å²) in [6, 6.07) is 17.5. The first-order valence-corrected chi connectivity index (χ1v) is 7.78. The van der Waals surface area contributed by atoms with E-state index in [9.17, 15) is 9.59 Å². The molecule has 0 aromatic heterocycles. The van der Waals surface area contributed by atoms with Crippen LogP contribution in [0.15, 0.2) is 66.4 Å². The number of anilines is 1. The highest BCUT2D eigenvalue weighted by Gasteiger charge is 2.22. The van der Waals surface area contributed by atoms with Gasteiger partial charge in [-0.25, -0.2) is 0 Å². The van der Waals surface area contributed by atoms with Crippen LogP contribution in [0, 0.1) is 0 Å². The van der Waals surface area contributed by atoms with Crippen molar-refractivity contribution in [3.8, 4) is 0 Å². The summed E-state index contributed by atoms with van der Waals surface area (Å²) in [5.41, 5.74) is 3.69. The summed E-state index contributed by atoms with van der Waals surface area (Å²) in [4.78, 5) is 23.3. The SMILES string of the molecule is CC(=O)c1ccc(NC2=CC(=O)CC(c3ccccc3)C2)cc1. The maximum absolute atomic E-state index is 12.0. The van der Waals surface area contributed by atoms with Crippen molar-refractivity contribution in [1.82, 2.24) is 0 Å². The number of hydrogen-bond acceptors (Lipinski definition) is 3. The number of benzene rings is 2. The minimum atomic E-state index is 0.0488. The fourth-order valence-electron chi connectivity index (χ4n) is 2.91. The molecule has 1 aliphatic rings. The molecular weight excluding hydrogens is 286 g/mol.